The van der Waals surface area contributed by atoms with Gasteiger partial charge in [0.2, 0.25) is 0 Å². The van der Waals surface area contributed by atoms with Crippen LogP contribution in [0.25, 0.3) is 0 Å². The molecular formula is C10H16N4O2. The first-order chi connectivity index (χ1) is 7.58. The van der Waals surface area contributed by atoms with Gasteiger partial charge in [-0.05, 0) is 6.92 Å². The summed E-state index contributed by atoms with van der Waals surface area (Å²) in [5.41, 5.74) is 6.47. The first-order valence-corrected chi connectivity index (χ1v) is 5.02. The molecule has 16 heavy (non-hydrogen) atoms. The number of ether oxygens (including phenoxy) is 1. The molecule has 0 spiro atoms. The summed E-state index contributed by atoms with van der Waals surface area (Å²) in [6.45, 7) is 3.81. The van der Waals surface area contributed by atoms with E-state index in [1.807, 2.05) is 6.92 Å². The highest BCUT2D eigenvalue weighted by Gasteiger charge is 2.09. The molecule has 0 aliphatic heterocycles. The van der Waals surface area contributed by atoms with Gasteiger partial charge in [-0.3, -0.25) is 4.79 Å². The number of rotatable bonds is 4. The van der Waals surface area contributed by atoms with Gasteiger partial charge in [-0.2, -0.15) is 0 Å². The lowest BCUT2D eigenvalue weighted by molar-refractivity contribution is -0.138. The minimum absolute atomic E-state index is 0.0664. The number of hydrogen-bond acceptors (Lipinski definition) is 6. The maximum absolute atomic E-state index is 11.0. The Morgan fingerprint density at radius 2 is 2.19 bits per heavy atom. The molecule has 0 amide bonds. The molecule has 0 saturated heterocycles. The van der Waals surface area contributed by atoms with Crippen molar-refractivity contribution in [1.29, 1.82) is 0 Å². The zero-order chi connectivity index (χ0) is 12.1. The standard InChI is InChI=1S/C10H16N4O2/c1-4-7-13-9(11)6(2)10(14-7)12-5-8(15)16-3/h4-5H2,1-3H3,(H3,11,12,13,14). The smallest absolute Gasteiger partial charge is 0.325 e. The number of esters is 1. The van der Waals surface area contributed by atoms with Crippen LogP contribution in [0.15, 0.2) is 0 Å². The van der Waals surface area contributed by atoms with Crippen molar-refractivity contribution < 1.29 is 9.53 Å². The van der Waals surface area contributed by atoms with Crippen LogP contribution < -0.4 is 11.1 Å². The first kappa shape index (κ1) is 12.2. The Hall–Kier alpha value is -1.85. The summed E-state index contributed by atoms with van der Waals surface area (Å²) >= 11 is 0. The number of anilines is 2. The van der Waals surface area contributed by atoms with Gasteiger partial charge in [0, 0.05) is 12.0 Å². The summed E-state index contributed by atoms with van der Waals surface area (Å²) in [5.74, 6) is 1.30. The predicted octanol–water partition coefficient (Wildman–Crippen LogP) is 0.515. The number of methoxy groups -OCH3 is 1. The summed E-state index contributed by atoms with van der Waals surface area (Å²) < 4.78 is 4.52. The van der Waals surface area contributed by atoms with Crippen molar-refractivity contribution in [3.63, 3.8) is 0 Å². The van der Waals surface area contributed by atoms with Crippen LogP contribution in [0.2, 0.25) is 0 Å². The molecule has 0 aliphatic carbocycles. The highest BCUT2D eigenvalue weighted by Crippen LogP contribution is 2.16. The number of carbonyl (C=O) groups excluding carboxylic acids is 1. The maximum atomic E-state index is 11.0. The van der Waals surface area contributed by atoms with E-state index in [2.05, 4.69) is 20.0 Å². The molecule has 6 nitrogen and oxygen atoms in total. The summed E-state index contributed by atoms with van der Waals surface area (Å²) in [4.78, 5) is 19.3. The lowest BCUT2D eigenvalue weighted by Gasteiger charge is -2.10. The third kappa shape index (κ3) is 2.82. The number of carbonyl (C=O) groups is 1. The quantitative estimate of drug-likeness (QED) is 0.724. The fraction of sp³-hybridized carbons (Fsp3) is 0.500. The van der Waals surface area contributed by atoms with Crippen molar-refractivity contribution in [1.82, 2.24) is 9.97 Å². The Balaban J connectivity index is 2.86. The number of nitrogens with zero attached hydrogens (tertiary/aromatic N) is 2. The van der Waals surface area contributed by atoms with E-state index in [1.54, 1.807) is 6.92 Å². The Morgan fingerprint density at radius 3 is 2.75 bits per heavy atom. The Labute approximate surface area is 94.2 Å². The Kier molecular flexibility index (Phi) is 4.04. The van der Waals surface area contributed by atoms with Crippen LogP contribution in [0.1, 0.15) is 18.3 Å². The number of aromatic nitrogens is 2. The fourth-order valence-electron chi connectivity index (χ4n) is 1.14. The number of nitrogen functional groups attached to an aromatic ring is 1. The van der Waals surface area contributed by atoms with E-state index in [9.17, 15) is 4.79 Å². The molecule has 1 aromatic heterocycles. The normalized spacial score (nSPS) is 9.94. The average Bonchev–Trinajstić information content (AvgIpc) is 2.30. The lowest BCUT2D eigenvalue weighted by atomic mass is 10.3. The molecule has 0 aliphatic rings. The fourth-order valence-corrected chi connectivity index (χ4v) is 1.14. The molecule has 6 heteroatoms. The second-order valence-corrected chi connectivity index (χ2v) is 3.28. The van der Waals surface area contributed by atoms with Crippen LogP contribution in [-0.4, -0.2) is 29.6 Å². The van der Waals surface area contributed by atoms with Crippen LogP contribution >= 0.6 is 0 Å². The van der Waals surface area contributed by atoms with Gasteiger partial charge in [-0.15, -0.1) is 0 Å². The van der Waals surface area contributed by atoms with Crippen LogP contribution in [0.3, 0.4) is 0 Å². The van der Waals surface area contributed by atoms with Gasteiger partial charge in [-0.1, -0.05) is 6.92 Å². The molecule has 0 aromatic carbocycles. The van der Waals surface area contributed by atoms with E-state index in [4.69, 9.17) is 5.73 Å². The average molecular weight is 224 g/mol. The second kappa shape index (κ2) is 5.29. The first-order valence-electron chi connectivity index (χ1n) is 5.02. The number of hydrogen-bond donors (Lipinski definition) is 2. The Morgan fingerprint density at radius 1 is 1.50 bits per heavy atom. The highest BCUT2D eigenvalue weighted by atomic mass is 16.5. The largest absolute Gasteiger partial charge is 0.468 e. The van der Waals surface area contributed by atoms with Crippen LogP contribution in [0.4, 0.5) is 11.6 Å². The van der Waals surface area contributed by atoms with Crippen LogP contribution in [0.5, 0.6) is 0 Å². The molecule has 1 rings (SSSR count). The molecule has 1 aromatic rings. The summed E-state index contributed by atoms with van der Waals surface area (Å²) in [5, 5.41) is 2.87. The molecule has 0 radical (unpaired) electrons. The third-order valence-corrected chi connectivity index (χ3v) is 2.17. The zero-order valence-corrected chi connectivity index (χ0v) is 9.70. The van der Waals surface area contributed by atoms with Crippen molar-refractivity contribution in [2.75, 3.05) is 24.7 Å². The summed E-state index contributed by atoms with van der Waals surface area (Å²) in [6, 6.07) is 0. The van der Waals surface area contributed by atoms with Crippen LogP contribution in [-0.2, 0) is 16.0 Å². The van der Waals surface area contributed by atoms with E-state index in [0.29, 0.717) is 23.9 Å². The molecule has 1 heterocycles. The van der Waals surface area contributed by atoms with Gasteiger partial charge >= 0.3 is 5.97 Å². The molecular weight excluding hydrogens is 208 g/mol. The van der Waals surface area contributed by atoms with Gasteiger partial charge in [0.15, 0.2) is 0 Å². The molecule has 88 valence electrons. The van der Waals surface area contributed by atoms with Crippen molar-refractivity contribution in [3.8, 4) is 0 Å². The van der Waals surface area contributed by atoms with E-state index < -0.39 is 0 Å². The van der Waals surface area contributed by atoms with Crippen molar-refractivity contribution in [3.05, 3.63) is 11.4 Å². The van der Waals surface area contributed by atoms with Crippen LogP contribution in [0, 0.1) is 6.92 Å². The number of nitrogens with two attached hydrogens (primary N) is 1. The molecule has 0 unspecified atom stereocenters. The summed E-state index contributed by atoms with van der Waals surface area (Å²) in [7, 11) is 1.34. The molecule has 0 saturated carbocycles. The highest BCUT2D eigenvalue weighted by molar-refractivity contribution is 5.75. The second-order valence-electron chi connectivity index (χ2n) is 3.28. The van der Waals surface area contributed by atoms with E-state index in [1.165, 1.54) is 7.11 Å². The van der Waals surface area contributed by atoms with Gasteiger partial charge in [0.05, 0.1) is 7.11 Å². The van der Waals surface area contributed by atoms with Gasteiger partial charge in [0.1, 0.15) is 24.0 Å². The van der Waals surface area contributed by atoms with E-state index in [0.717, 1.165) is 5.56 Å². The number of nitrogens with one attached hydrogen (secondary N) is 1. The predicted molar refractivity (Wildman–Crippen MR) is 61.1 cm³/mol. The van der Waals surface area contributed by atoms with Gasteiger partial charge in [-0.25, -0.2) is 9.97 Å². The van der Waals surface area contributed by atoms with Crippen molar-refractivity contribution in [2.24, 2.45) is 0 Å². The van der Waals surface area contributed by atoms with Crippen molar-refractivity contribution in [2.45, 2.75) is 20.3 Å². The van der Waals surface area contributed by atoms with Gasteiger partial charge < -0.3 is 15.8 Å². The minimum Gasteiger partial charge on any atom is -0.468 e. The van der Waals surface area contributed by atoms with Crippen molar-refractivity contribution >= 4 is 17.6 Å². The molecule has 3 N–H and O–H groups in total. The lowest BCUT2D eigenvalue weighted by Crippen LogP contribution is -2.17. The number of aryl methyl sites for hydroxylation is 1. The van der Waals surface area contributed by atoms with E-state index in [-0.39, 0.29) is 12.5 Å². The topological polar surface area (TPSA) is 90.1 Å². The molecule has 0 atom stereocenters. The summed E-state index contributed by atoms with van der Waals surface area (Å²) in [6.07, 6.45) is 0.692. The maximum Gasteiger partial charge on any atom is 0.325 e. The minimum atomic E-state index is -0.352. The zero-order valence-electron chi connectivity index (χ0n) is 9.70. The SMILES string of the molecule is CCc1nc(N)c(C)c(NCC(=O)OC)n1. The van der Waals surface area contributed by atoms with Gasteiger partial charge in [0.25, 0.3) is 0 Å². The van der Waals surface area contributed by atoms with E-state index >= 15 is 0 Å². The molecule has 0 fully saturated rings. The molecule has 0 bridgehead atoms. The Bertz CT molecular complexity index is 393. The third-order valence-electron chi connectivity index (χ3n) is 2.17. The monoisotopic (exact) mass is 224 g/mol.